The van der Waals surface area contributed by atoms with Gasteiger partial charge in [-0.3, -0.25) is 4.79 Å². The van der Waals surface area contributed by atoms with Gasteiger partial charge < -0.3 is 10.1 Å². The smallest absolute Gasteiger partial charge is 0.222 e. The van der Waals surface area contributed by atoms with E-state index in [-0.39, 0.29) is 11.8 Å². The van der Waals surface area contributed by atoms with Crippen molar-refractivity contribution in [2.75, 3.05) is 25.5 Å². The maximum absolute atomic E-state index is 11.3. The van der Waals surface area contributed by atoms with Crippen molar-refractivity contribution >= 4 is 17.7 Å². The van der Waals surface area contributed by atoms with E-state index < -0.39 is 0 Å². The van der Waals surface area contributed by atoms with Gasteiger partial charge in [-0.1, -0.05) is 13.8 Å². The minimum Gasteiger partial charge on any atom is -0.381 e. The summed E-state index contributed by atoms with van der Waals surface area (Å²) in [6.45, 7) is 6.42. The molecule has 1 saturated heterocycles. The van der Waals surface area contributed by atoms with Gasteiger partial charge >= 0.3 is 0 Å². The molecule has 3 nitrogen and oxygen atoms in total. The molecular formula is C11H21NO2S. The highest BCUT2D eigenvalue weighted by Crippen LogP contribution is 2.21. The molecule has 1 aliphatic rings. The molecule has 1 rings (SSSR count). The molecule has 0 radical (unpaired) electrons. The van der Waals surface area contributed by atoms with E-state index in [2.05, 4.69) is 5.32 Å². The van der Waals surface area contributed by atoms with E-state index in [1.54, 1.807) is 0 Å². The Morgan fingerprint density at radius 3 is 2.73 bits per heavy atom. The number of carbonyl (C=O) groups excluding carboxylic acids is 1. The lowest BCUT2D eigenvalue weighted by molar-refractivity contribution is -0.123. The molecule has 1 fully saturated rings. The predicted octanol–water partition coefficient (Wildman–Crippen LogP) is 1.67. The Balaban J connectivity index is 1.98. The number of rotatable bonds is 5. The zero-order chi connectivity index (χ0) is 11.1. The van der Waals surface area contributed by atoms with Crippen molar-refractivity contribution < 1.29 is 9.53 Å². The minimum absolute atomic E-state index is 0.0954. The third-order valence-electron chi connectivity index (χ3n) is 2.45. The Morgan fingerprint density at radius 2 is 2.13 bits per heavy atom. The molecule has 0 atom stereocenters. The molecule has 4 heteroatoms. The van der Waals surface area contributed by atoms with Crippen LogP contribution in [0.4, 0.5) is 0 Å². The van der Waals surface area contributed by atoms with E-state index in [1.165, 1.54) is 0 Å². The van der Waals surface area contributed by atoms with Crippen molar-refractivity contribution in [2.24, 2.45) is 5.92 Å². The molecule has 0 spiro atoms. The summed E-state index contributed by atoms with van der Waals surface area (Å²) in [6, 6.07) is 0. The Bertz CT molecular complexity index is 191. The van der Waals surface area contributed by atoms with Crippen LogP contribution in [0.5, 0.6) is 0 Å². The van der Waals surface area contributed by atoms with Crippen LogP contribution < -0.4 is 5.32 Å². The molecule has 15 heavy (non-hydrogen) atoms. The molecule has 88 valence electrons. The molecule has 0 aromatic rings. The van der Waals surface area contributed by atoms with Crippen molar-refractivity contribution in [1.82, 2.24) is 5.32 Å². The van der Waals surface area contributed by atoms with Gasteiger partial charge in [0.1, 0.15) is 0 Å². The SMILES string of the molecule is CC(C)C(=O)NCCSC1CCOCC1. The van der Waals surface area contributed by atoms with Gasteiger partial charge in [-0.15, -0.1) is 0 Å². The van der Waals surface area contributed by atoms with E-state index in [0.717, 1.165) is 43.6 Å². The van der Waals surface area contributed by atoms with Gasteiger partial charge in [0.05, 0.1) is 0 Å². The molecule has 0 saturated carbocycles. The molecule has 0 bridgehead atoms. The second kappa shape index (κ2) is 7.12. The first-order chi connectivity index (χ1) is 7.20. The number of nitrogens with one attached hydrogen (secondary N) is 1. The normalized spacial score (nSPS) is 18.1. The zero-order valence-corrected chi connectivity index (χ0v) is 10.4. The number of hydrogen-bond acceptors (Lipinski definition) is 3. The van der Waals surface area contributed by atoms with Gasteiger partial charge in [0.25, 0.3) is 0 Å². The molecule has 0 unspecified atom stereocenters. The lowest BCUT2D eigenvalue weighted by Crippen LogP contribution is -2.30. The summed E-state index contributed by atoms with van der Waals surface area (Å²) >= 11 is 1.96. The van der Waals surface area contributed by atoms with Gasteiger partial charge in [0, 0.05) is 36.7 Å². The maximum Gasteiger partial charge on any atom is 0.222 e. The fourth-order valence-corrected chi connectivity index (χ4v) is 2.53. The highest BCUT2D eigenvalue weighted by Gasteiger charge is 2.13. The lowest BCUT2D eigenvalue weighted by atomic mass is 10.2. The van der Waals surface area contributed by atoms with Gasteiger partial charge in [-0.05, 0) is 12.8 Å². The van der Waals surface area contributed by atoms with Crippen LogP contribution in [0.1, 0.15) is 26.7 Å². The standard InChI is InChI=1S/C11H21NO2S/c1-9(2)11(13)12-5-8-15-10-3-6-14-7-4-10/h9-10H,3-8H2,1-2H3,(H,12,13). The molecular weight excluding hydrogens is 210 g/mol. The number of ether oxygens (including phenoxy) is 1. The topological polar surface area (TPSA) is 38.3 Å². The first-order valence-corrected chi connectivity index (χ1v) is 6.72. The van der Waals surface area contributed by atoms with E-state index in [1.807, 2.05) is 25.6 Å². The van der Waals surface area contributed by atoms with E-state index in [4.69, 9.17) is 4.74 Å². The van der Waals surface area contributed by atoms with Crippen LogP contribution >= 0.6 is 11.8 Å². The minimum atomic E-state index is 0.0954. The van der Waals surface area contributed by atoms with Crippen LogP contribution in [0, 0.1) is 5.92 Å². The monoisotopic (exact) mass is 231 g/mol. The summed E-state index contributed by atoms with van der Waals surface area (Å²) in [5.41, 5.74) is 0. The molecule has 0 aromatic carbocycles. The Hall–Kier alpha value is -0.220. The summed E-state index contributed by atoms with van der Waals surface area (Å²) in [5, 5.41) is 3.66. The van der Waals surface area contributed by atoms with Crippen molar-refractivity contribution in [3.63, 3.8) is 0 Å². The number of thioether (sulfide) groups is 1. The lowest BCUT2D eigenvalue weighted by Gasteiger charge is -2.21. The fraction of sp³-hybridized carbons (Fsp3) is 0.909. The average Bonchev–Trinajstić information content (AvgIpc) is 2.25. The summed E-state index contributed by atoms with van der Waals surface area (Å²) in [6.07, 6.45) is 2.31. The Morgan fingerprint density at radius 1 is 1.47 bits per heavy atom. The fourth-order valence-electron chi connectivity index (χ4n) is 1.45. The van der Waals surface area contributed by atoms with Crippen LogP contribution in [-0.2, 0) is 9.53 Å². The summed E-state index contributed by atoms with van der Waals surface area (Å²) in [7, 11) is 0. The summed E-state index contributed by atoms with van der Waals surface area (Å²) in [5.74, 6) is 1.27. The second-order valence-electron chi connectivity index (χ2n) is 4.13. The van der Waals surface area contributed by atoms with Crippen LogP contribution in [0.15, 0.2) is 0 Å². The van der Waals surface area contributed by atoms with E-state index >= 15 is 0 Å². The van der Waals surface area contributed by atoms with Gasteiger partial charge in [-0.2, -0.15) is 11.8 Å². The first-order valence-electron chi connectivity index (χ1n) is 5.67. The van der Waals surface area contributed by atoms with E-state index in [9.17, 15) is 4.79 Å². The predicted molar refractivity (Wildman–Crippen MR) is 64.1 cm³/mol. The highest BCUT2D eigenvalue weighted by molar-refractivity contribution is 7.99. The van der Waals surface area contributed by atoms with Crippen LogP contribution in [0.25, 0.3) is 0 Å². The van der Waals surface area contributed by atoms with Crippen molar-refractivity contribution in [3.05, 3.63) is 0 Å². The largest absolute Gasteiger partial charge is 0.381 e. The van der Waals surface area contributed by atoms with Crippen LogP contribution in [0.3, 0.4) is 0 Å². The molecule has 0 aromatic heterocycles. The van der Waals surface area contributed by atoms with Crippen LogP contribution in [0.2, 0.25) is 0 Å². The van der Waals surface area contributed by atoms with Crippen molar-refractivity contribution in [2.45, 2.75) is 31.9 Å². The third-order valence-corrected chi connectivity index (χ3v) is 3.83. The molecule has 1 N–H and O–H groups in total. The van der Waals surface area contributed by atoms with Gasteiger partial charge in [0.15, 0.2) is 0 Å². The van der Waals surface area contributed by atoms with Gasteiger partial charge in [-0.25, -0.2) is 0 Å². The summed E-state index contributed by atoms with van der Waals surface area (Å²) in [4.78, 5) is 11.3. The van der Waals surface area contributed by atoms with E-state index in [0.29, 0.717) is 0 Å². The highest BCUT2D eigenvalue weighted by atomic mass is 32.2. The molecule has 1 aliphatic heterocycles. The number of amides is 1. The second-order valence-corrected chi connectivity index (χ2v) is 5.54. The van der Waals surface area contributed by atoms with Gasteiger partial charge in [0.2, 0.25) is 5.91 Å². The maximum atomic E-state index is 11.3. The molecule has 1 heterocycles. The van der Waals surface area contributed by atoms with Crippen molar-refractivity contribution in [3.8, 4) is 0 Å². The zero-order valence-electron chi connectivity index (χ0n) is 9.62. The van der Waals surface area contributed by atoms with Crippen molar-refractivity contribution in [1.29, 1.82) is 0 Å². The average molecular weight is 231 g/mol. The number of hydrogen-bond donors (Lipinski definition) is 1. The summed E-state index contributed by atoms with van der Waals surface area (Å²) < 4.78 is 5.29. The molecule has 1 amide bonds. The number of carbonyl (C=O) groups is 1. The van der Waals surface area contributed by atoms with Crippen LogP contribution in [-0.4, -0.2) is 36.7 Å². The quantitative estimate of drug-likeness (QED) is 0.732. The molecule has 0 aliphatic carbocycles. The first kappa shape index (κ1) is 12.8. The Kier molecular flexibility index (Phi) is 6.10. The Labute approximate surface area is 96.3 Å². The third kappa shape index (κ3) is 5.42.